The highest BCUT2D eigenvalue weighted by atomic mass is 32.3. The molecule has 2 amide bonds. The molecule has 35 heavy (non-hydrogen) atoms. The topological polar surface area (TPSA) is 204 Å². The molecule has 13 nitrogen and oxygen atoms in total. The number of hydrogen-bond donors (Lipinski definition) is 7. The molecule has 1 fully saturated rings. The lowest BCUT2D eigenvalue weighted by molar-refractivity contribution is -0.138. The van der Waals surface area contributed by atoms with Crippen LogP contribution in [0.4, 0.5) is 0 Å². The minimum atomic E-state index is -4.56. The van der Waals surface area contributed by atoms with Crippen LogP contribution in [-0.2, 0) is 23.4 Å². The summed E-state index contributed by atoms with van der Waals surface area (Å²) < 4.78 is 44.2. The van der Waals surface area contributed by atoms with E-state index in [1.165, 1.54) is 24.7 Å². The van der Waals surface area contributed by atoms with Gasteiger partial charge in [0.25, 0.3) is 11.8 Å². The number of nitrogens with one attached hydrogen (secondary N) is 2. The predicted molar refractivity (Wildman–Crippen MR) is 123 cm³/mol. The van der Waals surface area contributed by atoms with Gasteiger partial charge in [0, 0.05) is 24.7 Å². The molecule has 0 bridgehead atoms. The molecule has 15 heteroatoms. The molecule has 1 atom stereocenters. The smallest absolute Gasteiger partial charge is 0.372 e. The third-order valence-corrected chi connectivity index (χ3v) is 7.06. The number of phosphoric ester groups is 1. The van der Waals surface area contributed by atoms with Crippen LogP contribution in [0, 0.1) is 23.7 Å². The first-order valence-electron chi connectivity index (χ1n) is 9.82. The Bertz CT molecular complexity index is 1070. The van der Waals surface area contributed by atoms with E-state index in [2.05, 4.69) is 33.5 Å². The Morgan fingerprint density at radius 2 is 1.86 bits per heavy atom. The largest absolute Gasteiger partial charge is 0.471 e. The maximum atomic E-state index is 12.6. The summed E-state index contributed by atoms with van der Waals surface area (Å²) in [6.45, 7) is -0.461. The molecule has 1 aliphatic rings. The molecule has 1 aromatic rings. The summed E-state index contributed by atoms with van der Waals surface area (Å²) in [7, 11) is -6.22. The number of methoxy groups -OCH3 is 1. The average molecular weight is 532 g/mol. The van der Waals surface area contributed by atoms with Crippen molar-refractivity contribution in [1.82, 2.24) is 10.8 Å². The first-order valence-corrected chi connectivity index (χ1v) is 13.2. The van der Waals surface area contributed by atoms with Gasteiger partial charge in [0.05, 0.1) is 18.1 Å². The summed E-state index contributed by atoms with van der Waals surface area (Å²) in [5, 5.41) is 11.5. The molecular weight excluding hydrogens is 507 g/mol. The van der Waals surface area contributed by atoms with E-state index in [0.717, 1.165) is 0 Å². The van der Waals surface area contributed by atoms with Crippen molar-refractivity contribution in [2.75, 3.05) is 32.0 Å². The van der Waals surface area contributed by atoms with E-state index in [4.69, 9.17) is 24.5 Å². The van der Waals surface area contributed by atoms with E-state index in [1.807, 2.05) is 0 Å². The van der Waals surface area contributed by atoms with Gasteiger partial charge in [-0.1, -0.05) is 11.8 Å². The molecule has 0 aliphatic carbocycles. The number of hydroxylamine groups is 1. The summed E-state index contributed by atoms with van der Waals surface area (Å²) in [4.78, 5) is 41.8. The maximum Gasteiger partial charge on any atom is 0.471 e. The lowest BCUT2D eigenvalue weighted by atomic mass is 9.95. The lowest BCUT2D eigenvalue weighted by Crippen LogP contribution is -2.69. The van der Waals surface area contributed by atoms with Crippen molar-refractivity contribution in [2.24, 2.45) is 0 Å². The Morgan fingerprint density at radius 3 is 2.40 bits per heavy atom. The monoisotopic (exact) mass is 532 g/mol. The number of phosphoric acid groups is 1. The first-order chi connectivity index (χ1) is 16.4. The second-order valence-corrected chi connectivity index (χ2v) is 10.7. The van der Waals surface area contributed by atoms with Crippen LogP contribution < -0.4 is 10.8 Å². The molecule has 2 rings (SSSR count). The zero-order valence-electron chi connectivity index (χ0n) is 18.5. The highest BCUT2D eigenvalue weighted by molar-refractivity contribution is 8.25. The van der Waals surface area contributed by atoms with Crippen molar-refractivity contribution in [3.63, 3.8) is 0 Å². The SMILES string of the molecule is COC1(C(NC(=O)c2ccc(C#CC#CCCOCOP(=O)(O)O)cc2)C(=O)NO)CS(O)(O)C1. The van der Waals surface area contributed by atoms with Gasteiger partial charge in [0.1, 0.15) is 11.6 Å². The van der Waals surface area contributed by atoms with Gasteiger partial charge in [-0.15, -0.1) is 0 Å². The quantitative estimate of drug-likeness (QED) is 0.0544. The fraction of sp³-hybridized carbons (Fsp3) is 0.400. The molecule has 1 aromatic carbocycles. The molecule has 0 aromatic heterocycles. The van der Waals surface area contributed by atoms with Gasteiger partial charge in [-0.25, -0.2) is 10.0 Å². The van der Waals surface area contributed by atoms with Crippen molar-refractivity contribution >= 4 is 30.2 Å². The van der Waals surface area contributed by atoms with E-state index in [0.29, 0.717) is 5.56 Å². The summed E-state index contributed by atoms with van der Waals surface area (Å²) in [5.74, 6) is 8.50. The van der Waals surface area contributed by atoms with Crippen molar-refractivity contribution < 1.29 is 52.3 Å². The van der Waals surface area contributed by atoms with Crippen LogP contribution in [-0.4, -0.2) is 79.6 Å². The van der Waals surface area contributed by atoms with E-state index < -0.39 is 48.7 Å². The fourth-order valence-electron chi connectivity index (χ4n) is 3.06. The molecule has 1 heterocycles. The predicted octanol–water partition coefficient (Wildman–Crippen LogP) is 0.268. The van der Waals surface area contributed by atoms with E-state index in [9.17, 15) is 23.3 Å². The van der Waals surface area contributed by atoms with Crippen LogP contribution in [0.25, 0.3) is 0 Å². The van der Waals surface area contributed by atoms with Gasteiger partial charge in [-0.05, 0) is 36.1 Å². The number of carbonyl (C=O) groups excluding carboxylic acids is 2. The van der Waals surface area contributed by atoms with Gasteiger partial charge >= 0.3 is 7.82 Å². The number of ether oxygens (including phenoxy) is 2. The second-order valence-electron chi connectivity index (χ2n) is 7.27. The zero-order valence-corrected chi connectivity index (χ0v) is 20.2. The fourth-order valence-corrected chi connectivity index (χ4v) is 5.32. The van der Waals surface area contributed by atoms with Crippen molar-refractivity contribution in [1.29, 1.82) is 0 Å². The van der Waals surface area contributed by atoms with Gasteiger partial charge in [0.15, 0.2) is 6.79 Å². The highest BCUT2D eigenvalue weighted by Gasteiger charge is 2.57. The van der Waals surface area contributed by atoms with Crippen LogP contribution in [0.2, 0.25) is 0 Å². The minimum Gasteiger partial charge on any atom is -0.372 e. The molecular formula is C20H25N2O11PS. The lowest BCUT2D eigenvalue weighted by Gasteiger charge is -2.56. The van der Waals surface area contributed by atoms with Crippen LogP contribution in [0.5, 0.6) is 0 Å². The molecule has 192 valence electrons. The van der Waals surface area contributed by atoms with E-state index >= 15 is 0 Å². The average Bonchev–Trinajstić information content (AvgIpc) is 2.78. The summed E-state index contributed by atoms with van der Waals surface area (Å²) in [5.41, 5.74) is 0.818. The Hall–Kier alpha value is -2.46. The Balaban J connectivity index is 1.92. The summed E-state index contributed by atoms with van der Waals surface area (Å²) >= 11 is 0. The molecule has 0 radical (unpaired) electrons. The van der Waals surface area contributed by atoms with Gasteiger partial charge < -0.3 is 24.6 Å². The normalized spacial score (nSPS) is 17.3. The van der Waals surface area contributed by atoms with Crippen molar-refractivity contribution in [3.8, 4) is 23.7 Å². The van der Waals surface area contributed by atoms with E-state index in [-0.39, 0.29) is 30.1 Å². The van der Waals surface area contributed by atoms with Crippen LogP contribution in [0.3, 0.4) is 0 Å². The Kier molecular flexibility index (Phi) is 10.3. The van der Waals surface area contributed by atoms with Gasteiger partial charge in [-0.3, -0.25) is 28.4 Å². The number of rotatable bonds is 10. The van der Waals surface area contributed by atoms with Crippen LogP contribution in [0.1, 0.15) is 22.3 Å². The van der Waals surface area contributed by atoms with Gasteiger partial charge in [0.2, 0.25) is 0 Å². The highest BCUT2D eigenvalue weighted by Crippen LogP contribution is 2.56. The van der Waals surface area contributed by atoms with E-state index in [1.54, 1.807) is 12.1 Å². The zero-order chi connectivity index (χ0) is 26.1. The number of benzene rings is 1. The number of amides is 2. The third-order valence-electron chi connectivity index (χ3n) is 4.71. The maximum absolute atomic E-state index is 12.6. The minimum absolute atomic E-state index is 0.0943. The van der Waals surface area contributed by atoms with Crippen LogP contribution >= 0.6 is 18.4 Å². The number of carbonyl (C=O) groups is 2. The molecule has 1 saturated heterocycles. The standard InChI is InChI=1S/C20H25N2O11PS/c1-31-20(12-35(29,30)13-20)17(19(24)22-25)21-18(23)16-9-7-15(8-10-16)6-4-2-3-5-11-32-14-33-34(26,27)28/h7-10,17,25,29-30H,5,11-14H2,1H3,(H,21,23)(H,22,24)(H2,26,27,28). The van der Waals surface area contributed by atoms with Gasteiger partial charge in [-0.2, -0.15) is 10.6 Å². The van der Waals surface area contributed by atoms with Crippen molar-refractivity contribution in [3.05, 3.63) is 35.4 Å². The Morgan fingerprint density at radius 1 is 1.20 bits per heavy atom. The van der Waals surface area contributed by atoms with Crippen LogP contribution in [0.15, 0.2) is 24.3 Å². The molecule has 1 unspecified atom stereocenters. The molecule has 0 spiro atoms. The summed E-state index contributed by atoms with van der Waals surface area (Å²) in [6.07, 6.45) is 0.263. The second kappa shape index (κ2) is 12.5. The Labute approximate surface area is 202 Å². The third kappa shape index (κ3) is 8.92. The first kappa shape index (κ1) is 28.8. The molecule has 7 N–H and O–H groups in total. The molecule has 1 aliphatic heterocycles. The van der Waals surface area contributed by atoms with Crippen molar-refractivity contribution in [2.45, 2.75) is 18.1 Å². The summed E-state index contributed by atoms with van der Waals surface area (Å²) in [6, 6.07) is 4.66. The molecule has 0 saturated carbocycles. The number of hydrogen-bond acceptors (Lipinski definition) is 9.